The predicted octanol–water partition coefficient (Wildman–Crippen LogP) is -0.776. The third-order valence-corrected chi connectivity index (χ3v) is 5.01. The van der Waals surface area contributed by atoms with Crippen molar-refractivity contribution in [3.8, 4) is 0 Å². The van der Waals surface area contributed by atoms with Crippen LogP contribution in [0.2, 0.25) is 0 Å². The summed E-state index contributed by atoms with van der Waals surface area (Å²) in [6, 6.07) is -3.82. The summed E-state index contributed by atoms with van der Waals surface area (Å²) in [6.07, 6.45) is 1.48. The average molecular weight is 448 g/mol. The normalized spacial score (nSPS) is 15.2. The van der Waals surface area contributed by atoms with Gasteiger partial charge >= 0.3 is 5.97 Å². The van der Waals surface area contributed by atoms with Crippen molar-refractivity contribution in [2.75, 3.05) is 12.3 Å². The minimum atomic E-state index is -1.22. The van der Waals surface area contributed by atoms with E-state index in [0.29, 0.717) is 19.4 Å². The van der Waals surface area contributed by atoms with Gasteiger partial charge in [-0.2, -0.15) is 12.6 Å². The minimum absolute atomic E-state index is 0.0949. The number of thiol groups is 1. The van der Waals surface area contributed by atoms with Crippen molar-refractivity contribution in [2.24, 2.45) is 23.3 Å². The summed E-state index contributed by atoms with van der Waals surface area (Å²) in [5, 5.41) is 16.8. The number of carbonyl (C=O) groups excluding carboxylic acids is 3. The Bertz CT molecular complexity index is 588. The standard InChI is InChI=1S/C19H37N5O5S/c1-10(2)14(21)17(26)24-15(11(3)4)18(27)22-12(7-5-6-8-20)16(25)23-13(9-30)19(28)29/h10-15,30H,5-9,20-21H2,1-4H3,(H,22,27)(H,23,25)(H,24,26)(H,28,29). The van der Waals surface area contributed by atoms with Crippen molar-refractivity contribution >= 4 is 36.3 Å². The van der Waals surface area contributed by atoms with Crippen LogP contribution in [0.3, 0.4) is 0 Å². The zero-order valence-corrected chi connectivity index (χ0v) is 19.1. The monoisotopic (exact) mass is 447 g/mol. The van der Waals surface area contributed by atoms with Crippen molar-refractivity contribution in [1.29, 1.82) is 0 Å². The third-order valence-electron chi connectivity index (χ3n) is 4.64. The Morgan fingerprint density at radius 1 is 0.867 bits per heavy atom. The molecule has 0 fully saturated rings. The number of nitrogens with one attached hydrogen (secondary N) is 3. The van der Waals surface area contributed by atoms with Gasteiger partial charge in [-0.25, -0.2) is 4.79 Å². The molecule has 0 aromatic carbocycles. The summed E-state index contributed by atoms with van der Waals surface area (Å²) in [6.45, 7) is 7.54. The van der Waals surface area contributed by atoms with Crippen LogP contribution in [-0.2, 0) is 19.2 Å². The number of carboxylic acid groups (broad SMARTS) is 1. The number of hydrogen-bond acceptors (Lipinski definition) is 7. The fourth-order valence-electron chi connectivity index (χ4n) is 2.57. The van der Waals surface area contributed by atoms with Crippen molar-refractivity contribution < 1.29 is 24.3 Å². The van der Waals surface area contributed by atoms with Gasteiger partial charge in [-0.3, -0.25) is 14.4 Å². The second kappa shape index (κ2) is 14.2. The highest BCUT2D eigenvalue weighted by Gasteiger charge is 2.31. The van der Waals surface area contributed by atoms with Crippen molar-refractivity contribution in [1.82, 2.24) is 16.0 Å². The van der Waals surface area contributed by atoms with Gasteiger partial charge in [0.25, 0.3) is 0 Å². The molecule has 0 aliphatic carbocycles. The molecule has 8 N–H and O–H groups in total. The van der Waals surface area contributed by atoms with E-state index >= 15 is 0 Å². The molecular weight excluding hydrogens is 410 g/mol. The fraction of sp³-hybridized carbons (Fsp3) is 0.789. The second-order valence-electron chi connectivity index (χ2n) is 7.93. The summed E-state index contributed by atoms with van der Waals surface area (Å²) in [7, 11) is 0. The molecule has 0 saturated heterocycles. The lowest BCUT2D eigenvalue weighted by atomic mass is 9.99. The van der Waals surface area contributed by atoms with E-state index in [1.165, 1.54) is 0 Å². The quantitative estimate of drug-likeness (QED) is 0.135. The van der Waals surface area contributed by atoms with Crippen molar-refractivity contribution in [3.05, 3.63) is 0 Å². The summed E-state index contributed by atoms with van der Waals surface area (Å²) < 4.78 is 0. The van der Waals surface area contributed by atoms with Crippen LogP contribution in [0.4, 0.5) is 0 Å². The van der Waals surface area contributed by atoms with Gasteiger partial charge < -0.3 is 32.5 Å². The van der Waals surface area contributed by atoms with E-state index in [1.54, 1.807) is 27.7 Å². The zero-order chi connectivity index (χ0) is 23.4. The summed E-state index contributed by atoms with van der Waals surface area (Å²) in [4.78, 5) is 48.9. The first kappa shape index (κ1) is 28.1. The molecule has 0 aliphatic heterocycles. The molecule has 0 aliphatic rings. The number of aliphatic carboxylic acids is 1. The number of hydrogen-bond donors (Lipinski definition) is 7. The Hall–Kier alpha value is -1.85. The average Bonchev–Trinajstić information content (AvgIpc) is 2.67. The number of carboxylic acids is 1. The van der Waals surface area contributed by atoms with E-state index in [1.807, 2.05) is 0 Å². The SMILES string of the molecule is CC(C)C(N)C(=O)NC(C(=O)NC(CCCCN)C(=O)NC(CS)C(=O)O)C(C)C. The molecule has 0 radical (unpaired) electrons. The van der Waals surface area contributed by atoms with Crippen LogP contribution in [0.15, 0.2) is 0 Å². The molecule has 3 amide bonds. The maximum Gasteiger partial charge on any atom is 0.327 e. The smallest absolute Gasteiger partial charge is 0.327 e. The summed E-state index contributed by atoms with van der Waals surface area (Å²) in [5.41, 5.74) is 11.3. The fourth-order valence-corrected chi connectivity index (χ4v) is 2.82. The molecule has 0 aromatic heterocycles. The Kier molecular flexibility index (Phi) is 13.3. The van der Waals surface area contributed by atoms with E-state index in [-0.39, 0.29) is 24.0 Å². The third kappa shape index (κ3) is 9.77. The Morgan fingerprint density at radius 2 is 1.43 bits per heavy atom. The highest BCUT2D eigenvalue weighted by molar-refractivity contribution is 7.80. The van der Waals surface area contributed by atoms with Crippen LogP contribution >= 0.6 is 12.6 Å². The minimum Gasteiger partial charge on any atom is -0.480 e. The Balaban J connectivity index is 5.34. The van der Waals surface area contributed by atoms with Gasteiger partial charge in [0.2, 0.25) is 17.7 Å². The largest absolute Gasteiger partial charge is 0.480 e. The number of nitrogens with two attached hydrogens (primary N) is 2. The molecule has 174 valence electrons. The molecule has 30 heavy (non-hydrogen) atoms. The first-order chi connectivity index (χ1) is 14.0. The highest BCUT2D eigenvalue weighted by atomic mass is 32.1. The Morgan fingerprint density at radius 3 is 1.87 bits per heavy atom. The van der Waals surface area contributed by atoms with Gasteiger partial charge in [-0.15, -0.1) is 0 Å². The van der Waals surface area contributed by atoms with Gasteiger partial charge in [0.05, 0.1) is 6.04 Å². The molecule has 0 spiro atoms. The van der Waals surface area contributed by atoms with Crippen LogP contribution in [0.25, 0.3) is 0 Å². The molecular formula is C19H37N5O5S. The highest BCUT2D eigenvalue weighted by Crippen LogP contribution is 2.08. The first-order valence-corrected chi connectivity index (χ1v) is 10.8. The summed E-state index contributed by atoms with van der Waals surface area (Å²) >= 11 is 3.93. The van der Waals surface area contributed by atoms with E-state index in [9.17, 15) is 19.2 Å². The summed E-state index contributed by atoms with van der Waals surface area (Å²) in [5.74, 6) is -3.31. The van der Waals surface area contributed by atoms with Crippen LogP contribution in [0.5, 0.6) is 0 Å². The second-order valence-corrected chi connectivity index (χ2v) is 8.29. The molecule has 0 aromatic rings. The van der Waals surface area contributed by atoms with Gasteiger partial charge in [0.15, 0.2) is 0 Å². The number of rotatable bonds is 14. The van der Waals surface area contributed by atoms with E-state index in [2.05, 4.69) is 28.6 Å². The maximum absolute atomic E-state index is 12.8. The van der Waals surface area contributed by atoms with Gasteiger partial charge in [-0.1, -0.05) is 27.7 Å². The molecule has 0 rings (SSSR count). The topological polar surface area (TPSA) is 177 Å². The predicted molar refractivity (Wildman–Crippen MR) is 118 cm³/mol. The molecule has 11 heteroatoms. The van der Waals surface area contributed by atoms with Crippen LogP contribution in [-0.4, -0.2) is 65.3 Å². The maximum atomic E-state index is 12.8. The van der Waals surface area contributed by atoms with E-state index < -0.39 is 47.9 Å². The zero-order valence-electron chi connectivity index (χ0n) is 18.2. The molecule has 4 atom stereocenters. The Labute approximate surface area is 183 Å². The molecule has 0 saturated carbocycles. The van der Waals surface area contributed by atoms with Crippen molar-refractivity contribution in [2.45, 2.75) is 71.1 Å². The first-order valence-electron chi connectivity index (χ1n) is 10.2. The lowest BCUT2D eigenvalue weighted by molar-refractivity contribution is -0.141. The van der Waals surface area contributed by atoms with Gasteiger partial charge in [0, 0.05) is 5.75 Å². The number of unbranched alkanes of at least 4 members (excludes halogenated alkanes) is 1. The van der Waals surface area contributed by atoms with Gasteiger partial charge in [-0.05, 0) is 37.6 Å². The van der Waals surface area contributed by atoms with Crippen LogP contribution in [0.1, 0.15) is 47.0 Å². The van der Waals surface area contributed by atoms with Crippen molar-refractivity contribution in [3.63, 3.8) is 0 Å². The molecule has 4 unspecified atom stereocenters. The molecule has 0 bridgehead atoms. The van der Waals surface area contributed by atoms with Gasteiger partial charge in [0.1, 0.15) is 18.1 Å². The number of carbonyl (C=O) groups is 4. The van der Waals surface area contributed by atoms with E-state index in [4.69, 9.17) is 16.6 Å². The lowest BCUT2D eigenvalue weighted by Crippen LogP contribution is -2.59. The van der Waals surface area contributed by atoms with Crippen LogP contribution < -0.4 is 27.4 Å². The lowest BCUT2D eigenvalue weighted by Gasteiger charge is -2.27. The van der Waals surface area contributed by atoms with E-state index in [0.717, 1.165) is 0 Å². The molecule has 0 heterocycles. The number of amides is 3. The van der Waals surface area contributed by atoms with Crippen LogP contribution in [0, 0.1) is 11.8 Å². The molecule has 10 nitrogen and oxygen atoms in total.